The minimum absolute atomic E-state index is 0.388. The van der Waals surface area contributed by atoms with Crippen LogP contribution in [-0.4, -0.2) is 19.2 Å². The topological polar surface area (TPSA) is 63.8 Å². The highest BCUT2D eigenvalue weighted by molar-refractivity contribution is 6.36. The minimum Gasteiger partial charge on any atom is -0.496 e. The van der Waals surface area contributed by atoms with Crippen LogP contribution < -0.4 is 10.2 Å². The molecule has 1 heterocycles. The van der Waals surface area contributed by atoms with Crippen molar-refractivity contribution in [2.45, 2.75) is 0 Å². The van der Waals surface area contributed by atoms with E-state index < -0.39 is 0 Å². The van der Waals surface area contributed by atoms with Gasteiger partial charge in [-0.15, -0.1) is 0 Å². The van der Waals surface area contributed by atoms with Gasteiger partial charge in [0.1, 0.15) is 17.3 Å². The lowest BCUT2D eigenvalue weighted by atomic mass is 10.1. The Hall–Kier alpha value is -3.28. The second-order valence-electron chi connectivity index (χ2n) is 6.42. The SMILES string of the molecule is COc1cc2ccccc2cc1C(=O)NN=Cc1ccc(-c2ccc(Cl)cc2Cl)o1. The van der Waals surface area contributed by atoms with Gasteiger partial charge in [0.05, 0.1) is 23.9 Å². The van der Waals surface area contributed by atoms with Gasteiger partial charge < -0.3 is 9.15 Å². The largest absolute Gasteiger partial charge is 0.496 e. The van der Waals surface area contributed by atoms with E-state index in [1.165, 1.54) is 13.3 Å². The molecule has 5 nitrogen and oxygen atoms in total. The molecule has 0 bridgehead atoms. The van der Waals surface area contributed by atoms with E-state index in [-0.39, 0.29) is 5.91 Å². The molecule has 150 valence electrons. The molecular formula is C23H16Cl2N2O3. The number of nitrogens with one attached hydrogen (secondary N) is 1. The van der Waals surface area contributed by atoms with E-state index in [4.69, 9.17) is 32.4 Å². The number of benzene rings is 3. The number of hydrogen-bond donors (Lipinski definition) is 1. The molecule has 1 aromatic heterocycles. The van der Waals surface area contributed by atoms with Crippen LogP contribution in [0.2, 0.25) is 10.0 Å². The maximum atomic E-state index is 12.6. The van der Waals surface area contributed by atoms with Crippen LogP contribution >= 0.6 is 23.2 Å². The molecule has 0 aliphatic heterocycles. The van der Waals surface area contributed by atoms with Gasteiger partial charge in [0, 0.05) is 10.6 Å². The second kappa shape index (κ2) is 8.61. The fourth-order valence-corrected chi connectivity index (χ4v) is 3.54. The van der Waals surface area contributed by atoms with Crippen LogP contribution in [0.1, 0.15) is 16.1 Å². The van der Waals surface area contributed by atoms with Crippen LogP contribution in [0.3, 0.4) is 0 Å². The first-order chi connectivity index (χ1) is 14.5. The molecule has 30 heavy (non-hydrogen) atoms. The van der Waals surface area contributed by atoms with Crippen LogP contribution in [0.4, 0.5) is 0 Å². The number of amides is 1. The van der Waals surface area contributed by atoms with Crippen LogP contribution in [0.5, 0.6) is 5.75 Å². The summed E-state index contributed by atoms with van der Waals surface area (Å²) in [5.41, 5.74) is 3.61. The molecule has 4 aromatic rings. The highest BCUT2D eigenvalue weighted by Gasteiger charge is 2.13. The van der Waals surface area contributed by atoms with Gasteiger partial charge in [-0.25, -0.2) is 5.43 Å². The zero-order valence-corrected chi connectivity index (χ0v) is 17.4. The van der Waals surface area contributed by atoms with Gasteiger partial charge in [0.25, 0.3) is 5.91 Å². The van der Waals surface area contributed by atoms with Crippen LogP contribution in [-0.2, 0) is 0 Å². The number of nitrogens with zero attached hydrogens (tertiary/aromatic N) is 1. The molecule has 0 saturated carbocycles. The number of carbonyl (C=O) groups excluding carboxylic acids is 1. The van der Waals surface area contributed by atoms with Crippen LogP contribution in [0.25, 0.3) is 22.1 Å². The molecule has 0 aliphatic carbocycles. The zero-order chi connectivity index (χ0) is 21.1. The van der Waals surface area contributed by atoms with Crippen LogP contribution in [0.15, 0.2) is 76.2 Å². The van der Waals surface area contributed by atoms with E-state index in [0.29, 0.717) is 38.4 Å². The van der Waals surface area contributed by atoms with Gasteiger partial charge in [-0.05, 0) is 53.2 Å². The second-order valence-corrected chi connectivity index (χ2v) is 7.27. The normalized spacial score (nSPS) is 11.2. The Bertz CT molecular complexity index is 1260. The van der Waals surface area contributed by atoms with Gasteiger partial charge in [-0.2, -0.15) is 5.10 Å². The smallest absolute Gasteiger partial charge is 0.275 e. The van der Waals surface area contributed by atoms with E-state index in [1.54, 1.807) is 36.4 Å². The molecule has 0 saturated heterocycles. The summed E-state index contributed by atoms with van der Waals surface area (Å²) in [7, 11) is 1.52. The van der Waals surface area contributed by atoms with E-state index in [1.807, 2.05) is 30.3 Å². The summed E-state index contributed by atoms with van der Waals surface area (Å²) in [5, 5.41) is 6.94. The van der Waals surface area contributed by atoms with Crippen molar-refractivity contribution in [1.29, 1.82) is 0 Å². The van der Waals surface area contributed by atoms with Crippen molar-refractivity contribution in [2.75, 3.05) is 7.11 Å². The fourth-order valence-electron chi connectivity index (χ4n) is 3.04. The number of furan rings is 1. The zero-order valence-electron chi connectivity index (χ0n) is 15.9. The molecule has 0 atom stereocenters. The summed E-state index contributed by atoms with van der Waals surface area (Å²) in [6.07, 6.45) is 1.42. The lowest BCUT2D eigenvalue weighted by Gasteiger charge is -2.09. The minimum atomic E-state index is -0.388. The molecule has 0 fully saturated rings. The Kier molecular flexibility index (Phi) is 5.74. The quantitative estimate of drug-likeness (QED) is 0.298. The predicted octanol–water partition coefficient (Wildman–Crippen LogP) is 6.18. The molecule has 1 N–H and O–H groups in total. The summed E-state index contributed by atoms with van der Waals surface area (Å²) < 4.78 is 11.1. The number of carbonyl (C=O) groups is 1. The maximum Gasteiger partial charge on any atom is 0.275 e. The number of hydrogen-bond acceptors (Lipinski definition) is 4. The van der Waals surface area contributed by atoms with Gasteiger partial charge in [-0.1, -0.05) is 47.5 Å². The molecule has 3 aromatic carbocycles. The molecule has 1 amide bonds. The summed E-state index contributed by atoms with van der Waals surface area (Å²) in [4.78, 5) is 12.6. The van der Waals surface area contributed by atoms with Crippen molar-refractivity contribution in [3.63, 3.8) is 0 Å². The van der Waals surface area contributed by atoms with E-state index in [9.17, 15) is 4.79 Å². The average molecular weight is 439 g/mol. The maximum absolute atomic E-state index is 12.6. The monoisotopic (exact) mass is 438 g/mol. The third-order valence-electron chi connectivity index (χ3n) is 4.49. The highest BCUT2D eigenvalue weighted by atomic mass is 35.5. The summed E-state index contributed by atoms with van der Waals surface area (Å²) >= 11 is 12.1. The Balaban J connectivity index is 1.50. The van der Waals surface area contributed by atoms with Crippen molar-refractivity contribution in [3.8, 4) is 17.1 Å². The first-order valence-electron chi connectivity index (χ1n) is 9.00. The number of ether oxygens (including phenoxy) is 1. The Morgan fingerprint density at radius 1 is 1.03 bits per heavy atom. The van der Waals surface area contributed by atoms with Crippen LogP contribution in [0, 0.1) is 0 Å². The van der Waals surface area contributed by atoms with E-state index in [0.717, 1.165) is 10.8 Å². The molecule has 4 rings (SSSR count). The summed E-state index contributed by atoms with van der Waals surface area (Å²) in [6, 6.07) is 20.0. The third kappa shape index (κ3) is 4.17. The first kappa shape index (κ1) is 20.0. The van der Waals surface area contributed by atoms with E-state index in [2.05, 4.69) is 10.5 Å². The van der Waals surface area contributed by atoms with Crippen molar-refractivity contribution in [3.05, 3.63) is 88.1 Å². The average Bonchev–Trinajstić information content (AvgIpc) is 3.21. The summed E-state index contributed by atoms with van der Waals surface area (Å²) in [5.74, 6) is 1.11. The molecule has 0 spiro atoms. The van der Waals surface area contributed by atoms with Gasteiger partial charge >= 0.3 is 0 Å². The lowest BCUT2D eigenvalue weighted by molar-refractivity contribution is 0.0952. The van der Waals surface area contributed by atoms with Gasteiger partial charge in [-0.3, -0.25) is 4.79 Å². The van der Waals surface area contributed by atoms with Gasteiger partial charge in [0.15, 0.2) is 0 Å². The first-order valence-corrected chi connectivity index (χ1v) is 9.76. The van der Waals surface area contributed by atoms with Crippen molar-refractivity contribution in [2.24, 2.45) is 5.10 Å². The number of rotatable bonds is 5. The molecule has 0 radical (unpaired) electrons. The molecular weight excluding hydrogens is 423 g/mol. The molecule has 7 heteroatoms. The summed E-state index contributed by atoms with van der Waals surface area (Å²) in [6.45, 7) is 0. The molecule has 0 aliphatic rings. The predicted molar refractivity (Wildman–Crippen MR) is 120 cm³/mol. The Morgan fingerprint density at radius 2 is 1.80 bits per heavy atom. The Labute approximate surface area is 182 Å². The van der Waals surface area contributed by atoms with Crippen molar-refractivity contribution in [1.82, 2.24) is 5.43 Å². The van der Waals surface area contributed by atoms with E-state index >= 15 is 0 Å². The van der Waals surface area contributed by atoms with Crippen molar-refractivity contribution < 1.29 is 13.9 Å². The highest BCUT2D eigenvalue weighted by Crippen LogP contribution is 2.31. The number of methoxy groups -OCH3 is 1. The third-order valence-corrected chi connectivity index (χ3v) is 5.04. The fraction of sp³-hybridized carbons (Fsp3) is 0.0435. The number of halogens is 2. The van der Waals surface area contributed by atoms with Gasteiger partial charge in [0.2, 0.25) is 0 Å². The van der Waals surface area contributed by atoms with Crippen molar-refractivity contribution >= 4 is 46.1 Å². The molecule has 0 unspecified atom stereocenters. The lowest BCUT2D eigenvalue weighted by Crippen LogP contribution is -2.18. The Morgan fingerprint density at radius 3 is 2.53 bits per heavy atom. The number of fused-ring (bicyclic) bond motifs is 1. The standard InChI is InChI=1S/C23H16Cl2N2O3/c1-29-22-11-15-5-3-2-4-14(15)10-19(22)23(28)27-26-13-17-7-9-21(30-17)18-8-6-16(24)12-20(18)25/h2-13H,1H3,(H,27,28). The number of hydrazone groups is 1.